The fraction of sp³-hybridized carbons (Fsp3) is 0.698. The van der Waals surface area contributed by atoms with Crippen molar-refractivity contribution in [1.82, 2.24) is 0 Å². The molecule has 0 fully saturated rings. The average molecular weight is 960 g/mol. The Labute approximate surface area is 426 Å². The van der Waals surface area contributed by atoms with Crippen LogP contribution in [0.3, 0.4) is 0 Å². The monoisotopic (exact) mass is 959 g/mol. The minimum Gasteiger partial charge on any atom is -0.462 e. The molecule has 6 nitrogen and oxygen atoms in total. The van der Waals surface area contributed by atoms with Crippen LogP contribution < -0.4 is 0 Å². The van der Waals surface area contributed by atoms with E-state index in [-0.39, 0.29) is 31.1 Å². The van der Waals surface area contributed by atoms with Crippen molar-refractivity contribution in [2.75, 3.05) is 13.2 Å². The minimum atomic E-state index is -0.791. The molecule has 0 N–H and O–H groups in total. The van der Waals surface area contributed by atoms with E-state index < -0.39 is 6.10 Å². The summed E-state index contributed by atoms with van der Waals surface area (Å²) in [6, 6.07) is 0. The van der Waals surface area contributed by atoms with Gasteiger partial charge in [0.2, 0.25) is 0 Å². The highest BCUT2D eigenvalue weighted by atomic mass is 16.6. The number of carbonyl (C=O) groups is 3. The number of carbonyl (C=O) groups excluding carboxylic acids is 3. The molecule has 0 radical (unpaired) electrons. The van der Waals surface area contributed by atoms with Crippen LogP contribution in [0.5, 0.6) is 0 Å². The third kappa shape index (κ3) is 55.1. The smallest absolute Gasteiger partial charge is 0.306 e. The Balaban J connectivity index is 4.39. The van der Waals surface area contributed by atoms with Crippen molar-refractivity contribution >= 4 is 17.9 Å². The summed E-state index contributed by atoms with van der Waals surface area (Å²) in [6.45, 7) is 6.36. The van der Waals surface area contributed by atoms with Gasteiger partial charge in [0.05, 0.1) is 0 Å². The number of unbranched alkanes of at least 4 members (excludes halogenated alkanes) is 27. The van der Waals surface area contributed by atoms with E-state index in [4.69, 9.17) is 14.2 Å². The second-order valence-corrected chi connectivity index (χ2v) is 18.9. The highest BCUT2D eigenvalue weighted by Gasteiger charge is 2.19. The predicted octanol–water partition coefficient (Wildman–Crippen LogP) is 19.3. The number of allylic oxidation sites excluding steroid dienone is 16. The largest absolute Gasteiger partial charge is 0.462 e. The van der Waals surface area contributed by atoms with Gasteiger partial charge in [-0.25, -0.2) is 0 Å². The molecule has 0 aliphatic carbocycles. The molecule has 0 spiro atoms. The maximum Gasteiger partial charge on any atom is 0.306 e. The van der Waals surface area contributed by atoms with Gasteiger partial charge in [0.15, 0.2) is 6.10 Å². The van der Waals surface area contributed by atoms with Crippen LogP contribution in [0, 0.1) is 0 Å². The van der Waals surface area contributed by atoms with E-state index in [0.29, 0.717) is 19.3 Å². The molecule has 1 unspecified atom stereocenters. The number of esters is 3. The van der Waals surface area contributed by atoms with Crippen LogP contribution in [0.15, 0.2) is 97.2 Å². The van der Waals surface area contributed by atoms with Crippen molar-refractivity contribution in [3.8, 4) is 0 Å². The molecule has 6 heteroatoms. The van der Waals surface area contributed by atoms with E-state index in [9.17, 15) is 14.4 Å². The van der Waals surface area contributed by atoms with E-state index in [1.165, 1.54) is 122 Å². The lowest BCUT2D eigenvalue weighted by Gasteiger charge is -2.18. The molecule has 0 aromatic heterocycles. The Kier molecular flexibility index (Phi) is 53.9. The highest BCUT2D eigenvalue weighted by molar-refractivity contribution is 5.71. The molecule has 0 bridgehead atoms. The van der Waals surface area contributed by atoms with E-state index in [1.54, 1.807) is 0 Å². The van der Waals surface area contributed by atoms with Crippen molar-refractivity contribution in [2.45, 2.75) is 271 Å². The van der Waals surface area contributed by atoms with Crippen molar-refractivity contribution in [2.24, 2.45) is 0 Å². The Morgan fingerprint density at radius 3 is 1.06 bits per heavy atom. The topological polar surface area (TPSA) is 78.9 Å². The fourth-order valence-electron chi connectivity index (χ4n) is 7.86. The molecule has 1 atom stereocenters. The van der Waals surface area contributed by atoms with Crippen molar-refractivity contribution in [1.29, 1.82) is 0 Å². The predicted molar refractivity (Wildman–Crippen MR) is 297 cm³/mol. The average Bonchev–Trinajstić information content (AvgIpc) is 3.35. The highest BCUT2D eigenvalue weighted by Crippen LogP contribution is 2.15. The molecule has 0 rings (SSSR count). The zero-order valence-electron chi connectivity index (χ0n) is 45.0. The zero-order chi connectivity index (χ0) is 50.0. The molecule has 0 aliphatic rings. The second-order valence-electron chi connectivity index (χ2n) is 18.9. The Bertz CT molecular complexity index is 1380. The van der Waals surface area contributed by atoms with Gasteiger partial charge in [0.1, 0.15) is 13.2 Å². The van der Waals surface area contributed by atoms with Gasteiger partial charge < -0.3 is 14.2 Å². The first-order chi connectivity index (χ1) is 34.0. The third-order valence-corrected chi connectivity index (χ3v) is 12.1. The first kappa shape index (κ1) is 65.3. The second kappa shape index (κ2) is 56.9. The molecular weight excluding hydrogens is 853 g/mol. The van der Waals surface area contributed by atoms with Gasteiger partial charge in [-0.3, -0.25) is 14.4 Å². The van der Waals surface area contributed by atoms with Crippen LogP contribution in [-0.4, -0.2) is 37.2 Å². The van der Waals surface area contributed by atoms with Crippen LogP contribution in [0.4, 0.5) is 0 Å². The van der Waals surface area contributed by atoms with Gasteiger partial charge in [-0.2, -0.15) is 0 Å². The molecule has 394 valence electrons. The summed E-state index contributed by atoms with van der Waals surface area (Å²) in [6.07, 6.45) is 75.4. The maximum absolute atomic E-state index is 12.9. The summed E-state index contributed by atoms with van der Waals surface area (Å²) in [5.41, 5.74) is 0. The first-order valence-corrected chi connectivity index (χ1v) is 28.8. The first-order valence-electron chi connectivity index (χ1n) is 28.8. The summed E-state index contributed by atoms with van der Waals surface area (Å²) in [7, 11) is 0. The van der Waals surface area contributed by atoms with Gasteiger partial charge in [0, 0.05) is 19.3 Å². The normalized spacial score (nSPS) is 12.8. The number of ether oxygens (including phenoxy) is 3. The van der Waals surface area contributed by atoms with E-state index in [0.717, 1.165) is 103 Å². The van der Waals surface area contributed by atoms with Crippen LogP contribution in [0.1, 0.15) is 265 Å². The van der Waals surface area contributed by atoms with E-state index in [1.807, 2.05) is 0 Å². The fourth-order valence-corrected chi connectivity index (χ4v) is 7.86. The van der Waals surface area contributed by atoms with Gasteiger partial charge in [-0.05, 0) is 96.3 Å². The molecule has 0 saturated heterocycles. The van der Waals surface area contributed by atoms with Crippen molar-refractivity contribution < 1.29 is 28.6 Å². The lowest BCUT2D eigenvalue weighted by molar-refractivity contribution is -0.167. The molecule has 0 aliphatic heterocycles. The maximum atomic E-state index is 12.9. The van der Waals surface area contributed by atoms with E-state index in [2.05, 4.69) is 118 Å². The molecule has 0 amide bonds. The molecule has 0 aromatic rings. The number of hydrogen-bond acceptors (Lipinski definition) is 6. The Hall–Kier alpha value is -3.67. The summed E-state index contributed by atoms with van der Waals surface area (Å²) in [4.78, 5) is 38.2. The van der Waals surface area contributed by atoms with Crippen LogP contribution in [-0.2, 0) is 28.6 Å². The molecular formula is C63H106O6. The van der Waals surface area contributed by atoms with Crippen LogP contribution in [0.25, 0.3) is 0 Å². The lowest BCUT2D eigenvalue weighted by Crippen LogP contribution is -2.30. The van der Waals surface area contributed by atoms with Gasteiger partial charge in [-0.1, -0.05) is 246 Å². The standard InChI is InChI=1S/C63H106O6/c1-4-7-10-13-16-19-22-25-27-29-31-33-35-38-41-44-47-50-53-56-62(65)68-59-60(58-67-61(64)55-52-49-46-43-40-37-24-21-18-15-12-9-6-3)69-63(66)57-54-51-48-45-42-39-36-34-32-30-28-26-23-20-17-14-11-8-5-2/h7,9-10,12,15-21,23-27,60H,4-6,8,11,13-14,22,28-59H2,1-3H3/b10-7+,12-9+,18-15+,19-16+,20-17+,24-21+,26-23+,27-25+. The number of rotatable bonds is 51. The van der Waals surface area contributed by atoms with Crippen LogP contribution >= 0.6 is 0 Å². The Morgan fingerprint density at radius 2 is 0.638 bits per heavy atom. The lowest BCUT2D eigenvalue weighted by atomic mass is 10.1. The summed E-state index contributed by atoms with van der Waals surface area (Å²) in [5.74, 6) is -0.915. The van der Waals surface area contributed by atoms with Crippen LogP contribution in [0.2, 0.25) is 0 Å². The molecule has 0 aromatic carbocycles. The summed E-state index contributed by atoms with van der Waals surface area (Å²) < 4.78 is 16.9. The van der Waals surface area contributed by atoms with Gasteiger partial charge in [-0.15, -0.1) is 0 Å². The molecule has 0 saturated carbocycles. The summed E-state index contributed by atoms with van der Waals surface area (Å²) in [5, 5.41) is 0. The minimum absolute atomic E-state index is 0.0887. The van der Waals surface area contributed by atoms with E-state index >= 15 is 0 Å². The number of hydrogen-bond donors (Lipinski definition) is 0. The summed E-state index contributed by atoms with van der Waals surface area (Å²) >= 11 is 0. The van der Waals surface area contributed by atoms with Gasteiger partial charge >= 0.3 is 17.9 Å². The SMILES string of the molecule is CC/C=C/C=C/C=C/CCCCCCCC(=O)OCC(COC(=O)CCCCCCCCCCC/C=C/C/C=C/C/C=C/CC)OC(=O)CCCCCCCCCCCC/C=C/C=C/CCCCC. The molecule has 69 heavy (non-hydrogen) atoms. The third-order valence-electron chi connectivity index (χ3n) is 12.1. The zero-order valence-corrected chi connectivity index (χ0v) is 45.0. The quantitative estimate of drug-likeness (QED) is 0.0199. The van der Waals surface area contributed by atoms with Crippen molar-refractivity contribution in [3.63, 3.8) is 0 Å². The Morgan fingerprint density at radius 1 is 0.319 bits per heavy atom. The van der Waals surface area contributed by atoms with Gasteiger partial charge in [0.25, 0.3) is 0 Å². The molecule has 0 heterocycles. The van der Waals surface area contributed by atoms with Crippen molar-refractivity contribution in [3.05, 3.63) is 97.2 Å².